The molecule has 1 aliphatic rings. The molecular weight excluding hydrogens is 338 g/mol. The number of nitrogens with zero attached hydrogens (tertiary/aromatic N) is 3. The maximum absolute atomic E-state index is 12.6. The van der Waals surface area contributed by atoms with Gasteiger partial charge in [-0.2, -0.15) is 0 Å². The van der Waals surface area contributed by atoms with Gasteiger partial charge in [0.15, 0.2) is 0 Å². The van der Waals surface area contributed by atoms with Gasteiger partial charge in [-0.3, -0.25) is 14.9 Å². The summed E-state index contributed by atoms with van der Waals surface area (Å²) in [5.41, 5.74) is 3.32. The molecule has 0 bridgehead atoms. The Hall–Kier alpha value is -2.80. The zero-order valence-electron chi connectivity index (χ0n) is 13.9. The Morgan fingerprint density at radius 3 is 2.92 bits per heavy atom. The standard InChI is InChI=1S/C18H17N3O3S/c1-12-19-17(11-25-12)14-6-7-15(9-14)18(22)20(2)10-13-4-3-5-16(8-13)21(23)24/h3-6,8-9,11H,7,10H2,1-2H3. The van der Waals surface area contributed by atoms with Gasteiger partial charge in [-0.25, -0.2) is 4.98 Å². The van der Waals surface area contributed by atoms with Crippen molar-refractivity contribution < 1.29 is 9.72 Å². The zero-order chi connectivity index (χ0) is 18.0. The number of allylic oxidation sites excluding steroid dienone is 3. The van der Waals surface area contributed by atoms with E-state index in [1.54, 1.807) is 35.4 Å². The topological polar surface area (TPSA) is 76.3 Å². The Balaban J connectivity index is 1.69. The smallest absolute Gasteiger partial charge is 0.269 e. The fourth-order valence-electron chi connectivity index (χ4n) is 2.71. The molecular formula is C18H17N3O3S. The lowest BCUT2D eigenvalue weighted by molar-refractivity contribution is -0.384. The molecule has 3 rings (SSSR count). The van der Waals surface area contributed by atoms with E-state index in [0.29, 0.717) is 18.5 Å². The summed E-state index contributed by atoms with van der Waals surface area (Å²) in [5.74, 6) is -0.0790. The third-order valence-electron chi connectivity index (χ3n) is 3.95. The fraction of sp³-hybridized carbons (Fsp3) is 0.222. The number of carbonyl (C=O) groups excluding carboxylic acids is 1. The first-order valence-electron chi connectivity index (χ1n) is 7.76. The first-order chi connectivity index (χ1) is 11.9. The van der Waals surface area contributed by atoms with Crippen LogP contribution in [0.25, 0.3) is 5.57 Å². The van der Waals surface area contributed by atoms with E-state index >= 15 is 0 Å². The van der Waals surface area contributed by atoms with Crippen LogP contribution < -0.4 is 0 Å². The van der Waals surface area contributed by atoms with Gasteiger partial charge in [0.1, 0.15) is 0 Å². The highest BCUT2D eigenvalue weighted by Gasteiger charge is 2.20. The van der Waals surface area contributed by atoms with Crippen molar-refractivity contribution in [3.05, 3.63) is 73.7 Å². The molecule has 0 saturated carbocycles. The van der Waals surface area contributed by atoms with Crippen LogP contribution in [0, 0.1) is 17.0 Å². The Kier molecular flexibility index (Phi) is 4.76. The van der Waals surface area contributed by atoms with Crippen molar-refractivity contribution in [2.75, 3.05) is 7.05 Å². The van der Waals surface area contributed by atoms with Crippen molar-refractivity contribution in [1.29, 1.82) is 0 Å². The van der Waals surface area contributed by atoms with Gasteiger partial charge in [-0.05, 0) is 30.6 Å². The molecule has 0 aliphatic heterocycles. The van der Waals surface area contributed by atoms with E-state index in [2.05, 4.69) is 4.98 Å². The van der Waals surface area contributed by atoms with Crippen molar-refractivity contribution in [3.63, 3.8) is 0 Å². The maximum Gasteiger partial charge on any atom is 0.269 e. The van der Waals surface area contributed by atoms with E-state index in [9.17, 15) is 14.9 Å². The van der Waals surface area contributed by atoms with Crippen LogP contribution in [-0.4, -0.2) is 27.8 Å². The number of aryl methyl sites for hydroxylation is 1. The van der Waals surface area contributed by atoms with Crippen LogP contribution in [0.2, 0.25) is 0 Å². The average Bonchev–Trinajstić information content (AvgIpc) is 3.23. The summed E-state index contributed by atoms with van der Waals surface area (Å²) in [6.07, 6.45) is 4.45. The normalized spacial score (nSPS) is 13.4. The van der Waals surface area contributed by atoms with E-state index in [0.717, 1.165) is 21.8 Å². The minimum absolute atomic E-state index is 0.0290. The molecule has 25 heavy (non-hydrogen) atoms. The molecule has 0 spiro atoms. The predicted octanol–water partition coefficient (Wildman–Crippen LogP) is 3.73. The van der Waals surface area contributed by atoms with Gasteiger partial charge < -0.3 is 4.90 Å². The quantitative estimate of drug-likeness (QED) is 0.605. The molecule has 0 unspecified atom stereocenters. The Labute approximate surface area is 149 Å². The van der Waals surface area contributed by atoms with Crippen molar-refractivity contribution in [1.82, 2.24) is 9.88 Å². The third kappa shape index (κ3) is 3.83. The van der Waals surface area contributed by atoms with Crippen LogP contribution in [0.5, 0.6) is 0 Å². The molecule has 1 heterocycles. The number of non-ortho nitro benzene ring substituents is 1. The summed E-state index contributed by atoms with van der Waals surface area (Å²) >= 11 is 1.58. The molecule has 0 fully saturated rings. The lowest BCUT2D eigenvalue weighted by Gasteiger charge is -2.17. The lowest BCUT2D eigenvalue weighted by Crippen LogP contribution is -2.27. The first kappa shape index (κ1) is 17.0. The summed E-state index contributed by atoms with van der Waals surface area (Å²) in [6.45, 7) is 2.27. The second kappa shape index (κ2) is 6.98. The summed E-state index contributed by atoms with van der Waals surface area (Å²) in [7, 11) is 1.70. The minimum atomic E-state index is -0.434. The number of aromatic nitrogens is 1. The summed E-state index contributed by atoms with van der Waals surface area (Å²) in [5, 5.41) is 13.8. The van der Waals surface area contributed by atoms with Crippen LogP contribution >= 0.6 is 11.3 Å². The van der Waals surface area contributed by atoms with Crippen LogP contribution in [0.4, 0.5) is 5.69 Å². The number of nitro groups is 1. The first-order valence-corrected chi connectivity index (χ1v) is 8.64. The van der Waals surface area contributed by atoms with E-state index in [4.69, 9.17) is 0 Å². The molecule has 0 radical (unpaired) electrons. The summed E-state index contributed by atoms with van der Waals surface area (Å²) < 4.78 is 0. The molecule has 1 aromatic carbocycles. The van der Waals surface area contributed by atoms with Crippen LogP contribution in [-0.2, 0) is 11.3 Å². The molecule has 1 aliphatic carbocycles. The van der Waals surface area contributed by atoms with Crippen molar-refractivity contribution in [2.24, 2.45) is 0 Å². The molecule has 128 valence electrons. The summed E-state index contributed by atoms with van der Waals surface area (Å²) in [4.78, 5) is 29.1. The molecule has 0 saturated heterocycles. The molecule has 0 N–H and O–H groups in total. The SMILES string of the molecule is Cc1nc(C2=CCC(C(=O)N(C)Cc3cccc([N+](=O)[O-])c3)=C2)cs1. The Bertz CT molecular complexity index is 898. The van der Waals surface area contributed by atoms with Gasteiger partial charge in [0, 0.05) is 36.7 Å². The number of likely N-dealkylation sites (N-methyl/N-ethyl adjacent to an activating group) is 1. The highest BCUT2D eigenvalue weighted by Crippen LogP contribution is 2.28. The Morgan fingerprint density at radius 2 is 2.24 bits per heavy atom. The number of nitro benzene ring substituents is 1. The fourth-order valence-corrected chi connectivity index (χ4v) is 3.33. The zero-order valence-corrected chi connectivity index (χ0v) is 14.7. The second-order valence-electron chi connectivity index (χ2n) is 5.87. The highest BCUT2D eigenvalue weighted by atomic mass is 32.1. The lowest BCUT2D eigenvalue weighted by atomic mass is 10.1. The number of hydrogen-bond acceptors (Lipinski definition) is 5. The molecule has 2 aromatic rings. The number of benzene rings is 1. The van der Waals surface area contributed by atoms with Crippen LogP contribution in [0.1, 0.15) is 22.7 Å². The van der Waals surface area contributed by atoms with Gasteiger partial charge in [-0.1, -0.05) is 18.2 Å². The Morgan fingerprint density at radius 1 is 1.44 bits per heavy atom. The molecule has 0 atom stereocenters. The van der Waals surface area contributed by atoms with Crippen molar-refractivity contribution >= 4 is 28.5 Å². The van der Waals surface area contributed by atoms with Crippen molar-refractivity contribution in [3.8, 4) is 0 Å². The highest BCUT2D eigenvalue weighted by molar-refractivity contribution is 7.09. The van der Waals surface area contributed by atoms with Crippen molar-refractivity contribution in [2.45, 2.75) is 19.9 Å². The van der Waals surface area contributed by atoms with Gasteiger partial charge >= 0.3 is 0 Å². The van der Waals surface area contributed by atoms with Gasteiger partial charge in [0.2, 0.25) is 5.91 Å². The number of carbonyl (C=O) groups is 1. The number of hydrogen-bond donors (Lipinski definition) is 0. The van der Waals surface area contributed by atoms with Gasteiger partial charge in [-0.15, -0.1) is 11.3 Å². The van der Waals surface area contributed by atoms with E-state index in [1.165, 1.54) is 12.1 Å². The molecule has 7 heteroatoms. The third-order valence-corrected chi connectivity index (χ3v) is 4.72. The monoisotopic (exact) mass is 355 g/mol. The molecule has 1 amide bonds. The number of rotatable bonds is 5. The van der Waals surface area contributed by atoms with Crippen LogP contribution in [0.15, 0.2) is 47.4 Å². The van der Waals surface area contributed by atoms with E-state index in [-0.39, 0.29) is 11.6 Å². The molecule has 6 nitrogen and oxygen atoms in total. The number of amides is 1. The number of thiazole rings is 1. The average molecular weight is 355 g/mol. The maximum atomic E-state index is 12.6. The molecule has 1 aromatic heterocycles. The van der Waals surface area contributed by atoms with E-state index < -0.39 is 4.92 Å². The predicted molar refractivity (Wildman–Crippen MR) is 97.1 cm³/mol. The second-order valence-corrected chi connectivity index (χ2v) is 6.94. The van der Waals surface area contributed by atoms with Crippen LogP contribution in [0.3, 0.4) is 0 Å². The van der Waals surface area contributed by atoms with E-state index in [1.807, 2.05) is 24.5 Å². The minimum Gasteiger partial charge on any atom is -0.338 e. The largest absolute Gasteiger partial charge is 0.338 e. The van der Waals surface area contributed by atoms with Gasteiger partial charge in [0.25, 0.3) is 5.69 Å². The summed E-state index contributed by atoms with van der Waals surface area (Å²) in [6, 6.07) is 6.35. The van der Waals surface area contributed by atoms with Gasteiger partial charge in [0.05, 0.1) is 15.6 Å².